The van der Waals surface area contributed by atoms with Gasteiger partial charge in [-0.3, -0.25) is 9.59 Å². The number of hydrogen-bond acceptors (Lipinski definition) is 3. The van der Waals surface area contributed by atoms with Crippen molar-refractivity contribution >= 4 is 35.0 Å². The minimum absolute atomic E-state index is 0.154. The molecule has 0 aromatic heterocycles. The van der Waals surface area contributed by atoms with Crippen molar-refractivity contribution in [2.45, 2.75) is 57.7 Å². The van der Waals surface area contributed by atoms with Crippen molar-refractivity contribution in [2.24, 2.45) is 0 Å². The summed E-state index contributed by atoms with van der Waals surface area (Å²) in [6.07, 6.45) is 5.42. The SMILES string of the molecule is CC(C(=O)NC1CCCCC1)N(Cc1ccccc1Cl)C(=O)COc1ccc(Cl)cc1. The Labute approximate surface area is 193 Å². The van der Waals surface area contributed by atoms with Gasteiger partial charge in [-0.05, 0) is 55.7 Å². The van der Waals surface area contributed by atoms with E-state index < -0.39 is 6.04 Å². The normalized spacial score (nSPS) is 15.2. The first-order valence-electron chi connectivity index (χ1n) is 10.7. The van der Waals surface area contributed by atoms with Gasteiger partial charge in [-0.2, -0.15) is 0 Å². The number of benzene rings is 2. The molecule has 0 radical (unpaired) electrons. The monoisotopic (exact) mass is 462 g/mol. The minimum Gasteiger partial charge on any atom is -0.484 e. The summed E-state index contributed by atoms with van der Waals surface area (Å²) in [5.41, 5.74) is 0.779. The van der Waals surface area contributed by atoms with Gasteiger partial charge < -0.3 is 15.0 Å². The molecule has 1 fully saturated rings. The minimum atomic E-state index is -0.653. The first kappa shape index (κ1) is 23.4. The lowest BCUT2D eigenvalue weighted by Gasteiger charge is -2.31. The fourth-order valence-electron chi connectivity index (χ4n) is 3.72. The van der Waals surface area contributed by atoms with E-state index in [1.807, 2.05) is 18.2 Å². The van der Waals surface area contributed by atoms with Crippen LogP contribution >= 0.6 is 23.2 Å². The van der Waals surface area contributed by atoms with Gasteiger partial charge in [-0.25, -0.2) is 0 Å². The van der Waals surface area contributed by atoms with E-state index in [1.54, 1.807) is 37.3 Å². The molecule has 1 atom stereocenters. The highest BCUT2D eigenvalue weighted by molar-refractivity contribution is 6.31. The third kappa shape index (κ3) is 6.88. The van der Waals surface area contributed by atoms with Gasteiger partial charge in [0, 0.05) is 22.6 Å². The van der Waals surface area contributed by atoms with Crippen molar-refractivity contribution in [3.05, 3.63) is 64.1 Å². The van der Waals surface area contributed by atoms with E-state index in [0.717, 1.165) is 31.2 Å². The van der Waals surface area contributed by atoms with E-state index >= 15 is 0 Å². The van der Waals surface area contributed by atoms with Gasteiger partial charge in [-0.15, -0.1) is 0 Å². The quantitative estimate of drug-likeness (QED) is 0.583. The highest BCUT2D eigenvalue weighted by atomic mass is 35.5. The fraction of sp³-hybridized carbons (Fsp3) is 0.417. The smallest absolute Gasteiger partial charge is 0.261 e. The number of carbonyl (C=O) groups excluding carboxylic acids is 2. The second-order valence-electron chi connectivity index (χ2n) is 7.88. The highest BCUT2D eigenvalue weighted by Gasteiger charge is 2.28. The molecule has 166 valence electrons. The maximum absolute atomic E-state index is 13.1. The van der Waals surface area contributed by atoms with Gasteiger partial charge in [0.05, 0.1) is 0 Å². The molecule has 2 aromatic rings. The van der Waals surface area contributed by atoms with E-state index in [1.165, 1.54) is 11.3 Å². The third-order valence-corrected chi connectivity index (χ3v) is 6.21. The molecular formula is C24H28Cl2N2O3. The van der Waals surface area contributed by atoms with Crippen molar-refractivity contribution < 1.29 is 14.3 Å². The van der Waals surface area contributed by atoms with Crippen LogP contribution in [-0.4, -0.2) is 35.4 Å². The summed E-state index contributed by atoms with van der Waals surface area (Å²) < 4.78 is 5.64. The van der Waals surface area contributed by atoms with Gasteiger partial charge >= 0.3 is 0 Å². The molecule has 2 amide bonds. The Kier molecular flexibility index (Phi) is 8.61. The van der Waals surface area contributed by atoms with E-state index in [9.17, 15) is 9.59 Å². The van der Waals surface area contributed by atoms with E-state index in [-0.39, 0.29) is 31.0 Å². The predicted octanol–water partition coefficient (Wildman–Crippen LogP) is 5.24. The molecule has 31 heavy (non-hydrogen) atoms. The lowest BCUT2D eigenvalue weighted by Crippen LogP contribution is -2.51. The number of halogens is 2. The summed E-state index contributed by atoms with van der Waals surface area (Å²) in [6.45, 7) is 1.78. The van der Waals surface area contributed by atoms with Gasteiger partial charge in [-0.1, -0.05) is 60.7 Å². The number of hydrogen-bond donors (Lipinski definition) is 1. The molecule has 7 heteroatoms. The molecule has 1 aliphatic rings. The summed E-state index contributed by atoms with van der Waals surface area (Å²) in [6, 6.07) is 13.6. The van der Waals surface area contributed by atoms with Crippen LogP contribution in [0.2, 0.25) is 10.0 Å². The number of carbonyl (C=O) groups is 2. The zero-order chi connectivity index (χ0) is 22.2. The predicted molar refractivity (Wildman–Crippen MR) is 123 cm³/mol. The van der Waals surface area contributed by atoms with Crippen LogP contribution in [0.15, 0.2) is 48.5 Å². The van der Waals surface area contributed by atoms with Crippen molar-refractivity contribution in [3.8, 4) is 5.75 Å². The fourth-order valence-corrected chi connectivity index (χ4v) is 4.04. The van der Waals surface area contributed by atoms with Gasteiger partial charge in [0.1, 0.15) is 11.8 Å². The Morgan fingerprint density at radius 2 is 1.74 bits per heavy atom. The molecule has 5 nitrogen and oxygen atoms in total. The number of amides is 2. The van der Waals surface area contributed by atoms with Crippen LogP contribution in [-0.2, 0) is 16.1 Å². The number of nitrogens with zero attached hydrogens (tertiary/aromatic N) is 1. The molecule has 1 saturated carbocycles. The van der Waals surface area contributed by atoms with E-state index in [4.69, 9.17) is 27.9 Å². The molecular weight excluding hydrogens is 435 g/mol. The molecule has 1 aliphatic carbocycles. The summed E-state index contributed by atoms with van der Waals surface area (Å²) in [5, 5.41) is 4.26. The van der Waals surface area contributed by atoms with Crippen molar-refractivity contribution in [3.63, 3.8) is 0 Å². The lowest BCUT2D eigenvalue weighted by atomic mass is 9.95. The number of ether oxygens (including phenoxy) is 1. The van der Waals surface area contributed by atoms with Crippen LogP contribution in [0.4, 0.5) is 0 Å². The summed E-state index contributed by atoms with van der Waals surface area (Å²) >= 11 is 12.2. The zero-order valence-electron chi connectivity index (χ0n) is 17.7. The van der Waals surface area contributed by atoms with Crippen LogP contribution < -0.4 is 10.1 Å². The Morgan fingerprint density at radius 3 is 2.42 bits per heavy atom. The molecule has 1 N–H and O–H groups in total. The van der Waals surface area contributed by atoms with Crippen molar-refractivity contribution in [1.29, 1.82) is 0 Å². The first-order valence-corrected chi connectivity index (χ1v) is 11.4. The largest absolute Gasteiger partial charge is 0.484 e. The van der Waals surface area contributed by atoms with Gasteiger partial charge in [0.25, 0.3) is 5.91 Å². The zero-order valence-corrected chi connectivity index (χ0v) is 19.2. The Balaban J connectivity index is 1.71. The van der Waals surface area contributed by atoms with Crippen LogP contribution in [0, 0.1) is 0 Å². The van der Waals surface area contributed by atoms with Crippen LogP contribution in [0.5, 0.6) is 5.75 Å². The molecule has 0 spiro atoms. The van der Waals surface area contributed by atoms with Crippen molar-refractivity contribution in [1.82, 2.24) is 10.2 Å². The number of rotatable bonds is 8. The molecule has 2 aromatic carbocycles. The molecule has 0 heterocycles. The number of nitrogens with one attached hydrogen (secondary N) is 1. The second kappa shape index (κ2) is 11.4. The highest BCUT2D eigenvalue weighted by Crippen LogP contribution is 2.21. The van der Waals surface area contributed by atoms with E-state index in [2.05, 4.69) is 5.32 Å². The molecule has 0 saturated heterocycles. The molecule has 0 aliphatic heterocycles. The average molecular weight is 463 g/mol. The molecule has 3 rings (SSSR count). The lowest BCUT2D eigenvalue weighted by molar-refractivity contribution is -0.142. The Bertz CT molecular complexity index is 883. The van der Waals surface area contributed by atoms with Crippen LogP contribution in [0.1, 0.15) is 44.6 Å². The van der Waals surface area contributed by atoms with Crippen LogP contribution in [0.3, 0.4) is 0 Å². The van der Waals surface area contributed by atoms with Gasteiger partial charge in [0.15, 0.2) is 6.61 Å². The first-order chi connectivity index (χ1) is 14.9. The summed E-state index contributed by atoms with van der Waals surface area (Å²) in [7, 11) is 0. The molecule has 1 unspecified atom stereocenters. The maximum atomic E-state index is 13.1. The summed E-state index contributed by atoms with van der Waals surface area (Å²) in [5.74, 6) is 0.0923. The van der Waals surface area contributed by atoms with Crippen LogP contribution in [0.25, 0.3) is 0 Å². The van der Waals surface area contributed by atoms with Crippen molar-refractivity contribution in [2.75, 3.05) is 6.61 Å². The Morgan fingerprint density at radius 1 is 1.06 bits per heavy atom. The Hall–Kier alpha value is -2.24. The standard InChI is InChI=1S/C24H28Cl2N2O3/c1-17(24(30)27-20-8-3-2-4-9-20)28(15-18-7-5-6-10-22(18)26)23(29)16-31-21-13-11-19(25)12-14-21/h5-7,10-14,17,20H,2-4,8-9,15-16H2,1H3,(H,27,30). The average Bonchev–Trinajstić information content (AvgIpc) is 2.78. The topological polar surface area (TPSA) is 58.6 Å². The maximum Gasteiger partial charge on any atom is 0.261 e. The summed E-state index contributed by atoms with van der Waals surface area (Å²) in [4.78, 5) is 27.6. The van der Waals surface area contributed by atoms with E-state index in [0.29, 0.717) is 15.8 Å². The second-order valence-corrected chi connectivity index (χ2v) is 8.72. The molecule has 0 bridgehead atoms. The third-order valence-electron chi connectivity index (χ3n) is 5.59. The van der Waals surface area contributed by atoms with Gasteiger partial charge in [0.2, 0.25) is 5.91 Å².